The van der Waals surface area contributed by atoms with Crippen molar-refractivity contribution in [1.29, 1.82) is 0 Å². The van der Waals surface area contributed by atoms with Crippen LogP contribution < -0.4 is 5.32 Å². The fourth-order valence-corrected chi connectivity index (χ4v) is 3.36. The minimum absolute atomic E-state index is 1.06. The van der Waals surface area contributed by atoms with E-state index in [0.29, 0.717) is 0 Å². The van der Waals surface area contributed by atoms with E-state index in [4.69, 9.17) is 0 Å². The number of rotatable bonds is 4. The molecule has 1 aliphatic rings. The van der Waals surface area contributed by atoms with Gasteiger partial charge in [-0.05, 0) is 55.1 Å². The number of hydrogen-bond donors (Lipinski definition) is 1. The van der Waals surface area contributed by atoms with Crippen LogP contribution in [-0.4, -0.2) is 25.0 Å². The van der Waals surface area contributed by atoms with Gasteiger partial charge < -0.3 is 5.32 Å². The Morgan fingerprint density at radius 3 is 1.82 bits per heavy atom. The zero-order valence-electron chi connectivity index (χ0n) is 13.5. The van der Waals surface area contributed by atoms with Gasteiger partial charge in [0.05, 0.1) is 0 Å². The highest BCUT2D eigenvalue weighted by Gasteiger charge is 2.14. The largest absolute Gasteiger partial charge is 0.320 e. The number of fused-ring (bicyclic) bond motifs is 2. The minimum Gasteiger partial charge on any atom is -0.320 e. The lowest BCUT2D eigenvalue weighted by Crippen LogP contribution is -2.26. The molecule has 2 heteroatoms. The van der Waals surface area contributed by atoms with Crippen molar-refractivity contribution in [2.24, 2.45) is 0 Å². The Kier molecular flexibility index (Phi) is 5.25. The van der Waals surface area contributed by atoms with Crippen molar-refractivity contribution in [3.05, 3.63) is 70.8 Å². The summed E-state index contributed by atoms with van der Waals surface area (Å²) >= 11 is 0. The first kappa shape index (κ1) is 15.3. The fourth-order valence-electron chi connectivity index (χ4n) is 3.36. The summed E-state index contributed by atoms with van der Waals surface area (Å²) in [5.41, 5.74) is 6.02. The van der Waals surface area contributed by atoms with E-state index >= 15 is 0 Å². The van der Waals surface area contributed by atoms with Crippen molar-refractivity contribution < 1.29 is 0 Å². The molecule has 0 radical (unpaired) electrons. The molecule has 0 atom stereocenters. The summed E-state index contributed by atoms with van der Waals surface area (Å²) in [6.07, 6.45) is 3.50. The molecule has 3 rings (SSSR count). The maximum absolute atomic E-state index is 3.26. The second-order valence-corrected chi connectivity index (χ2v) is 6.21. The lowest BCUT2D eigenvalue weighted by Gasteiger charge is -2.23. The maximum atomic E-state index is 3.26. The van der Waals surface area contributed by atoms with Crippen LogP contribution in [0.3, 0.4) is 0 Å². The van der Waals surface area contributed by atoms with E-state index in [-0.39, 0.29) is 0 Å². The van der Waals surface area contributed by atoms with Crippen LogP contribution in [0.1, 0.15) is 28.7 Å². The zero-order valence-corrected chi connectivity index (χ0v) is 13.5. The molecule has 2 aromatic rings. The number of nitrogens with zero attached hydrogens (tertiary/aromatic N) is 1. The smallest absolute Gasteiger partial charge is 0.0240 e. The molecule has 0 saturated heterocycles. The van der Waals surface area contributed by atoms with Gasteiger partial charge in [-0.3, -0.25) is 4.90 Å². The van der Waals surface area contributed by atoms with Crippen molar-refractivity contribution >= 4 is 0 Å². The van der Waals surface area contributed by atoms with Gasteiger partial charge in [-0.15, -0.1) is 0 Å². The summed E-state index contributed by atoms with van der Waals surface area (Å²) in [5.74, 6) is 0. The molecule has 0 bridgehead atoms. The highest BCUT2D eigenvalue weighted by molar-refractivity contribution is 5.33. The Labute approximate surface area is 134 Å². The van der Waals surface area contributed by atoms with Crippen molar-refractivity contribution in [2.75, 3.05) is 20.1 Å². The topological polar surface area (TPSA) is 15.3 Å². The summed E-state index contributed by atoms with van der Waals surface area (Å²) in [6, 6.07) is 17.9. The van der Waals surface area contributed by atoms with Crippen molar-refractivity contribution in [3.63, 3.8) is 0 Å². The Hall–Kier alpha value is -1.64. The van der Waals surface area contributed by atoms with Crippen molar-refractivity contribution in [2.45, 2.75) is 32.4 Å². The average Bonchev–Trinajstić information content (AvgIpc) is 2.62. The van der Waals surface area contributed by atoms with Crippen LogP contribution in [0, 0.1) is 0 Å². The van der Waals surface area contributed by atoms with Gasteiger partial charge in [0.25, 0.3) is 0 Å². The van der Waals surface area contributed by atoms with E-state index in [9.17, 15) is 0 Å². The minimum atomic E-state index is 1.06. The summed E-state index contributed by atoms with van der Waals surface area (Å²) in [4.78, 5) is 2.60. The predicted octanol–water partition coefficient (Wildman–Crippen LogP) is 3.40. The average molecular weight is 294 g/mol. The lowest BCUT2D eigenvalue weighted by molar-refractivity contribution is 0.252. The highest BCUT2D eigenvalue weighted by atomic mass is 15.1. The first-order chi connectivity index (χ1) is 10.9. The van der Waals surface area contributed by atoms with Crippen molar-refractivity contribution in [3.8, 4) is 0 Å². The van der Waals surface area contributed by atoms with Gasteiger partial charge in [-0.2, -0.15) is 0 Å². The van der Waals surface area contributed by atoms with E-state index in [1.54, 1.807) is 0 Å². The fraction of sp³-hybridized carbons (Fsp3) is 0.400. The number of nitrogens with one attached hydrogen (secondary N) is 1. The van der Waals surface area contributed by atoms with Gasteiger partial charge in [-0.25, -0.2) is 0 Å². The van der Waals surface area contributed by atoms with Crippen LogP contribution in [0.4, 0.5) is 0 Å². The van der Waals surface area contributed by atoms with E-state index in [1.165, 1.54) is 28.7 Å². The third-order valence-electron chi connectivity index (χ3n) is 4.59. The SMILES string of the molecule is CNCCCN1Cc2ccccc2CCc2ccccc2C1. The summed E-state index contributed by atoms with van der Waals surface area (Å²) in [5, 5.41) is 3.26. The van der Waals surface area contributed by atoms with Gasteiger partial charge in [-0.1, -0.05) is 48.5 Å². The molecular weight excluding hydrogens is 268 g/mol. The molecular formula is C20H26N2. The molecule has 0 unspecified atom stereocenters. The molecule has 22 heavy (non-hydrogen) atoms. The first-order valence-electron chi connectivity index (χ1n) is 8.37. The predicted molar refractivity (Wildman–Crippen MR) is 92.9 cm³/mol. The van der Waals surface area contributed by atoms with Gasteiger partial charge in [0.1, 0.15) is 0 Å². The molecule has 2 aromatic carbocycles. The van der Waals surface area contributed by atoms with Crippen LogP contribution >= 0.6 is 0 Å². The van der Waals surface area contributed by atoms with Crippen molar-refractivity contribution in [1.82, 2.24) is 10.2 Å². The molecule has 2 nitrogen and oxygen atoms in total. The van der Waals surface area contributed by atoms with Gasteiger partial charge in [0, 0.05) is 19.6 Å². The van der Waals surface area contributed by atoms with Crippen LogP contribution in [0.2, 0.25) is 0 Å². The molecule has 0 aromatic heterocycles. The molecule has 1 aliphatic heterocycles. The van der Waals surface area contributed by atoms with Gasteiger partial charge >= 0.3 is 0 Å². The van der Waals surface area contributed by atoms with Gasteiger partial charge in [0.2, 0.25) is 0 Å². The normalized spacial score (nSPS) is 15.3. The van der Waals surface area contributed by atoms with E-state index in [2.05, 4.69) is 58.7 Å². The molecule has 0 fully saturated rings. The standard InChI is InChI=1S/C20H26N2/c1-21-13-6-14-22-15-19-9-4-2-7-17(19)11-12-18-8-3-5-10-20(18)16-22/h2-5,7-10,21H,6,11-16H2,1H3. The molecule has 1 N–H and O–H groups in total. The molecule has 0 amide bonds. The van der Waals surface area contributed by atoms with Crippen LogP contribution in [0.15, 0.2) is 48.5 Å². The van der Waals surface area contributed by atoms with E-state index in [1.807, 2.05) is 7.05 Å². The van der Waals surface area contributed by atoms with Gasteiger partial charge in [0.15, 0.2) is 0 Å². The molecule has 116 valence electrons. The Morgan fingerprint density at radius 2 is 1.32 bits per heavy atom. The second kappa shape index (κ2) is 7.57. The van der Waals surface area contributed by atoms with E-state index in [0.717, 1.165) is 39.0 Å². The summed E-state index contributed by atoms with van der Waals surface area (Å²) < 4.78 is 0. The molecule has 0 saturated carbocycles. The highest BCUT2D eigenvalue weighted by Crippen LogP contribution is 2.22. The summed E-state index contributed by atoms with van der Waals surface area (Å²) in [6.45, 7) is 4.35. The first-order valence-corrected chi connectivity index (χ1v) is 8.37. The van der Waals surface area contributed by atoms with Crippen LogP contribution in [-0.2, 0) is 25.9 Å². The lowest BCUT2D eigenvalue weighted by atomic mass is 9.98. The molecule has 0 aliphatic carbocycles. The molecule has 0 spiro atoms. The number of benzene rings is 2. The Morgan fingerprint density at radius 1 is 0.818 bits per heavy atom. The Balaban J connectivity index is 1.86. The second-order valence-electron chi connectivity index (χ2n) is 6.21. The third-order valence-corrected chi connectivity index (χ3v) is 4.59. The summed E-state index contributed by atoms with van der Waals surface area (Å²) in [7, 11) is 2.03. The number of aryl methyl sites for hydroxylation is 2. The number of hydrogen-bond acceptors (Lipinski definition) is 2. The maximum Gasteiger partial charge on any atom is 0.0240 e. The van der Waals surface area contributed by atoms with E-state index < -0.39 is 0 Å². The molecule has 1 heterocycles. The zero-order chi connectivity index (χ0) is 15.2. The third kappa shape index (κ3) is 3.76. The van der Waals surface area contributed by atoms with Crippen LogP contribution in [0.5, 0.6) is 0 Å². The van der Waals surface area contributed by atoms with Crippen LogP contribution in [0.25, 0.3) is 0 Å². The monoisotopic (exact) mass is 294 g/mol. The Bertz CT molecular complexity index is 557. The quantitative estimate of drug-likeness (QED) is 0.870.